The van der Waals surface area contributed by atoms with Crippen molar-refractivity contribution >= 4 is 28.2 Å². The van der Waals surface area contributed by atoms with Crippen molar-refractivity contribution in [3.8, 4) is 11.5 Å². The van der Waals surface area contributed by atoms with Crippen molar-refractivity contribution in [1.82, 2.24) is 10.1 Å². The molecule has 6 heteroatoms. The molecule has 0 saturated carbocycles. The molecule has 1 saturated heterocycles. The van der Waals surface area contributed by atoms with Crippen LogP contribution in [0.15, 0.2) is 16.0 Å². The summed E-state index contributed by atoms with van der Waals surface area (Å²) in [6.07, 6.45) is 0. The highest BCUT2D eigenvalue weighted by molar-refractivity contribution is 7.99. The topological polar surface area (TPSA) is 42.2 Å². The SMILES string of the molecule is Cc1cc(-c2csc(N3CCSCC3)n2)on1. The molecule has 1 aliphatic heterocycles. The predicted octanol–water partition coefficient (Wildman–Crippen LogP) is 2.66. The van der Waals surface area contributed by atoms with E-state index >= 15 is 0 Å². The van der Waals surface area contributed by atoms with Crippen LogP contribution in [0.4, 0.5) is 5.13 Å². The summed E-state index contributed by atoms with van der Waals surface area (Å²) in [4.78, 5) is 6.96. The summed E-state index contributed by atoms with van der Waals surface area (Å²) in [5.74, 6) is 3.14. The highest BCUT2D eigenvalue weighted by atomic mass is 32.2. The van der Waals surface area contributed by atoms with Gasteiger partial charge in [0, 0.05) is 36.0 Å². The van der Waals surface area contributed by atoms with Gasteiger partial charge >= 0.3 is 0 Å². The van der Waals surface area contributed by atoms with Gasteiger partial charge in [-0.15, -0.1) is 11.3 Å². The predicted molar refractivity (Wildman–Crippen MR) is 71.9 cm³/mol. The van der Waals surface area contributed by atoms with Crippen molar-refractivity contribution in [2.75, 3.05) is 29.5 Å². The molecular formula is C11H13N3OS2. The molecule has 17 heavy (non-hydrogen) atoms. The van der Waals surface area contributed by atoms with Gasteiger partial charge in [-0.05, 0) is 6.92 Å². The Morgan fingerprint density at radius 2 is 2.18 bits per heavy atom. The van der Waals surface area contributed by atoms with Gasteiger partial charge in [0.2, 0.25) is 0 Å². The Bertz CT molecular complexity index is 502. The van der Waals surface area contributed by atoms with E-state index in [1.807, 2.05) is 30.1 Å². The fraction of sp³-hybridized carbons (Fsp3) is 0.455. The van der Waals surface area contributed by atoms with Crippen LogP contribution < -0.4 is 4.90 Å². The average molecular weight is 267 g/mol. The lowest BCUT2D eigenvalue weighted by Crippen LogP contribution is -2.32. The van der Waals surface area contributed by atoms with Crippen LogP contribution >= 0.6 is 23.1 Å². The lowest BCUT2D eigenvalue weighted by Gasteiger charge is -2.25. The van der Waals surface area contributed by atoms with Gasteiger partial charge in [0.1, 0.15) is 5.69 Å². The van der Waals surface area contributed by atoms with Crippen LogP contribution in [0.2, 0.25) is 0 Å². The maximum atomic E-state index is 5.22. The molecule has 0 unspecified atom stereocenters. The van der Waals surface area contributed by atoms with Crippen LogP contribution in [0.1, 0.15) is 5.69 Å². The summed E-state index contributed by atoms with van der Waals surface area (Å²) >= 11 is 3.68. The second-order valence-corrected chi connectivity index (χ2v) is 6.01. The summed E-state index contributed by atoms with van der Waals surface area (Å²) in [6, 6.07) is 1.92. The molecule has 0 bridgehead atoms. The molecule has 0 amide bonds. The Balaban J connectivity index is 1.82. The zero-order chi connectivity index (χ0) is 11.7. The van der Waals surface area contributed by atoms with E-state index < -0.39 is 0 Å². The fourth-order valence-electron chi connectivity index (χ4n) is 1.76. The van der Waals surface area contributed by atoms with E-state index in [1.54, 1.807) is 11.3 Å². The first-order valence-corrected chi connectivity index (χ1v) is 7.58. The maximum absolute atomic E-state index is 5.22. The van der Waals surface area contributed by atoms with E-state index in [4.69, 9.17) is 4.52 Å². The number of nitrogens with zero attached hydrogens (tertiary/aromatic N) is 3. The van der Waals surface area contributed by atoms with Gasteiger partial charge in [0.25, 0.3) is 0 Å². The minimum absolute atomic E-state index is 0.761. The third kappa shape index (κ3) is 2.32. The van der Waals surface area contributed by atoms with Gasteiger partial charge in [-0.25, -0.2) is 4.98 Å². The normalized spacial score (nSPS) is 16.4. The number of anilines is 1. The molecular weight excluding hydrogens is 254 g/mol. The summed E-state index contributed by atoms with van der Waals surface area (Å²) in [5.41, 5.74) is 1.78. The van der Waals surface area contributed by atoms with Crippen molar-refractivity contribution in [3.05, 3.63) is 17.1 Å². The van der Waals surface area contributed by atoms with Crippen LogP contribution in [-0.4, -0.2) is 34.7 Å². The largest absolute Gasteiger partial charge is 0.354 e. The number of rotatable bonds is 2. The van der Waals surface area contributed by atoms with E-state index in [-0.39, 0.29) is 0 Å². The van der Waals surface area contributed by atoms with E-state index in [1.165, 1.54) is 11.5 Å². The Morgan fingerprint density at radius 1 is 1.35 bits per heavy atom. The minimum Gasteiger partial charge on any atom is -0.354 e. The zero-order valence-corrected chi connectivity index (χ0v) is 11.2. The van der Waals surface area contributed by atoms with E-state index in [0.29, 0.717) is 0 Å². The summed E-state index contributed by atoms with van der Waals surface area (Å²) in [7, 11) is 0. The quantitative estimate of drug-likeness (QED) is 0.837. The molecule has 0 radical (unpaired) electrons. The third-order valence-electron chi connectivity index (χ3n) is 2.65. The monoisotopic (exact) mass is 267 g/mol. The first-order valence-electron chi connectivity index (χ1n) is 5.55. The summed E-state index contributed by atoms with van der Waals surface area (Å²) < 4.78 is 5.22. The Kier molecular flexibility index (Phi) is 3.07. The average Bonchev–Trinajstić information content (AvgIpc) is 2.98. The lowest BCUT2D eigenvalue weighted by molar-refractivity contribution is 0.426. The van der Waals surface area contributed by atoms with E-state index in [9.17, 15) is 0 Å². The number of aryl methyl sites for hydroxylation is 1. The minimum atomic E-state index is 0.761. The van der Waals surface area contributed by atoms with E-state index in [0.717, 1.165) is 35.4 Å². The first-order chi connectivity index (χ1) is 8.33. The molecule has 0 aromatic carbocycles. The second-order valence-electron chi connectivity index (χ2n) is 3.95. The summed E-state index contributed by atoms with van der Waals surface area (Å²) in [6.45, 7) is 4.10. The van der Waals surface area contributed by atoms with E-state index in [2.05, 4.69) is 15.0 Å². The molecule has 2 aromatic rings. The van der Waals surface area contributed by atoms with Gasteiger partial charge in [-0.2, -0.15) is 11.8 Å². The van der Waals surface area contributed by atoms with Crippen molar-refractivity contribution in [2.45, 2.75) is 6.92 Å². The number of thiazole rings is 1. The molecule has 1 fully saturated rings. The Morgan fingerprint density at radius 3 is 2.88 bits per heavy atom. The molecule has 2 aromatic heterocycles. The van der Waals surface area contributed by atoms with Crippen molar-refractivity contribution in [3.63, 3.8) is 0 Å². The molecule has 0 spiro atoms. The van der Waals surface area contributed by atoms with Crippen LogP contribution in [0.25, 0.3) is 11.5 Å². The second kappa shape index (κ2) is 4.70. The number of hydrogen-bond acceptors (Lipinski definition) is 6. The maximum Gasteiger partial charge on any atom is 0.186 e. The number of hydrogen-bond donors (Lipinski definition) is 0. The van der Waals surface area contributed by atoms with Gasteiger partial charge in [-0.3, -0.25) is 0 Å². The van der Waals surface area contributed by atoms with Crippen molar-refractivity contribution in [2.24, 2.45) is 0 Å². The molecule has 0 N–H and O–H groups in total. The molecule has 0 atom stereocenters. The zero-order valence-electron chi connectivity index (χ0n) is 9.55. The smallest absolute Gasteiger partial charge is 0.186 e. The molecule has 0 aliphatic carbocycles. The number of aromatic nitrogens is 2. The highest BCUT2D eigenvalue weighted by Gasteiger charge is 2.16. The standard InChI is InChI=1S/C11H13N3OS2/c1-8-6-10(15-13-8)9-7-17-11(12-9)14-2-4-16-5-3-14/h6-7H,2-5H2,1H3. The molecule has 3 heterocycles. The molecule has 90 valence electrons. The molecule has 4 nitrogen and oxygen atoms in total. The fourth-order valence-corrected chi connectivity index (χ4v) is 3.53. The van der Waals surface area contributed by atoms with Gasteiger partial charge in [0.05, 0.1) is 5.69 Å². The summed E-state index contributed by atoms with van der Waals surface area (Å²) in [5, 5.41) is 7.02. The lowest BCUT2D eigenvalue weighted by atomic mass is 10.3. The van der Waals surface area contributed by atoms with Gasteiger partial charge in [-0.1, -0.05) is 5.16 Å². The van der Waals surface area contributed by atoms with Crippen molar-refractivity contribution in [1.29, 1.82) is 0 Å². The highest BCUT2D eigenvalue weighted by Crippen LogP contribution is 2.29. The van der Waals surface area contributed by atoms with Gasteiger partial charge in [0.15, 0.2) is 10.9 Å². The van der Waals surface area contributed by atoms with Crippen LogP contribution in [0.3, 0.4) is 0 Å². The third-order valence-corrected chi connectivity index (χ3v) is 4.50. The molecule has 1 aliphatic rings. The number of thioether (sulfide) groups is 1. The molecule has 3 rings (SSSR count). The van der Waals surface area contributed by atoms with Crippen molar-refractivity contribution < 1.29 is 4.52 Å². The van der Waals surface area contributed by atoms with Crippen LogP contribution in [-0.2, 0) is 0 Å². The Labute approximate surface area is 108 Å². The first kappa shape index (κ1) is 11.1. The Hall–Kier alpha value is -1.01. The van der Waals surface area contributed by atoms with Crippen LogP contribution in [0, 0.1) is 6.92 Å². The van der Waals surface area contributed by atoms with Crippen LogP contribution in [0.5, 0.6) is 0 Å². The van der Waals surface area contributed by atoms with Gasteiger partial charge < -0.3 is 9.42 Å².